The fraction of sp³-hybridized carbons (Fsp3) is 0.625. The molecule has 0 aromatic carbocycles. The van der Waals surface area contributed by atoms with Crippen LogP contribution in [-0.2, 0) is 11.3 Å². The first kappa shape index (κ1) is 18.4. The molecular formula is C16H22F3N3O2. The van der Waals surface area contributed by atoms with Crippen LogP contribution in [0.3, 0.4) is 0 Å². The summed E-state index contributed by atoms with van der Waals surface area (Å²) in [5.41, 5.74) is 6.18. The number of hydrogen-bond donors (Lipinski definition) is 1. The van der Waals surface area contributed by atoms with Crippen LogP contribution in [0.2, 0.25) is 0 Å². The van der Waals surface area contributed by atoms with Crippen LogP contribution in [0.4, 0.5) is 13.2 Å². The Hall–Kier alpha value is -1.99. The van der Waals surface area contributed by atoms with Crippen molar-refractivity contribution in [2.45, 2.75) is 58.3 Å². The van der Waals surface area contributed by atoms with Gasteiger partial charge in [-0.05, 0) is 39.2 Å². The van der Waals surface area contributed by atoms with E-state index in [1.165, 1.54) is 13.0 Å². The van der Waals surface area contributed by atoms with Gasteiger partial charge in [-0.15, -0.1) is 0 Å². The topological polar surface area (TPSA) is 68.3 Å². The smallest absolute Gasteiger partial charge is 0.370 e. The lowest BCUT2D eigenvalue weighted by molar-refractivity contribution is -0.141. The van der Waals surface area contributed by atoms with Crippen LogP contribution >= 0.6 is 0 Å². The van der Waals surface area contributed by atoms with Gasteiger partial charge in [0.2, 0.25) is 5.91 Å². The van der Waals surface area contributed by atoms with Gasteiger partial charge in [-0.3, -0.25) is 9.59 Å². The van der Waals surface area contributed by atoms with Crippen LogP contribution in [0.5, 0.6) is 0 Å². The Kier molecular flexibility index (Phi) is 5.25. The number of carbonyl (C=O) groups excluding carboxylic acids is 2. The number of likely N-dealkylation sites (tertiary alicyclic amines) is 1. The van der Waals surface area contributed by atoms with Gasteiger partial charge in [-0.2, -0.15) is 13.2 Å². The van der Waals surface area contributed by atoms with E-state index < -0.39 is 18.6 Å². The fourth-order valence-corrected chi connectivity index (χ4v) is 3.31. The fourth-order valence-electron chi connectivity index (χ4n) is 3.31. The Balaban J connectivity index is 2.28. The van der Waals surface area contributed by atoms with E-state index in [1.54, 1.807) is 11.8 Å². The Morgan fingerprint density at radius 3 is 2.54 bits per heavy atom. The first-order chi connectivity index (χ1) is 11.1. The molecule has 1 aliphatic rings. The second kappa shape index (κ2) is 6.86. The van der Waals surface area contributed by atoms with Crippen molar-refractivity contribution in [2.75, 3.05) is 6.54 Å². The molecule has 8 heteroatoms. The van der Waals surface area contributed by atoms with E-state index >= 15 is 0 Å². The molecule has 24 heavy (non-hydrogen) atoms. The zero-order valence-electron chi connectivity index (χ0n) is 13.8. The lowest BCUT2D eigenvalue weighted by atomic mass is 9.98. The molecule has 2 amide bonds. The highest BCUT2D eigenvalue weighted by Crippen LogP contribution is 2.27. The molecule has 1 aromatic heterocycles. The largest absolute Gasteiger partial charge is 0.406 e. The van der Waals surface area contributed by atoms with Gasteiger partial charge in [0.1, 0.15) is 6.54 Å². The van der Waals surface area contributed by atoms with E-state index in [0.717, 1.165) is 17.4 Å². The van der Waals surface area contributed by atoms with Crippen LogP contribution in [0.25, 0.3) is 0 Å². The zero-order valence-corrected chi connectivity index (χ0v) is 13.8. The molecule has 1 atom stereocenters. The quantitative estimate of drug-likeness (QED) is 0.911. The van der Waals surface area contributed by atoms with Crippen LogP contribution in [0.1, 0.15) is 47.4 Å². The van der Waals surface area contributed by atoms with Gasteiger partial charge in [0.15, 0.2) is 0 Å². The second-order valence-corrected chi connectivity index (χ2v) is 6.30. The number of nitrogens with zero attached hydrogens (tertiary/aromatic N) is 2. The van der Waals surface area contributed by atoms with Crippen molar-refractivity contribution in [1.82, 2.24) is 9.47 Å². The summed E-state index contributed by atoms with van der Waals surface area (Å²) in [6, 6.07) is 1.20. The number of amides is 2. The monoisotopic (exact) mass is 345 g/mol. The minimum Gasteiger partial charge on any atom is -0.370 e. The molecule has 1 aliphatic heterocycles. The summed E-state index contributed by atoms with van der Waals surface area (Å²) in [6.07, 6.45) is -1.89. The lowest BCUT2D eigenvalue weighted by Gasteiger charge is -2.35. The second-order valence-electron chi connectivity index (χ2n) is 6.30. The predicted molar refractivity (Wildman–Crippen MR) is 82.4 cm³/mol. The number of hydrogen-bond acceptors (Lipinski definition) is 2. The van der Waals surface area contributed by atoms with Crippen LogP contribution in [0, 0.1) is 13.8 Å². The highest BCUT2D eigenvalue weighted by atomic mass is 19.4. The maximum Gasteiger partial charge on any atom is 0.406 e. The first-order valence-electron chi connectivity index (χ1n) is 7.93. The van der Waals surface area contributed by atoms with Gasteiger partial charge in [0.05, 0.1) is 5.56 Å². The van der Waals surface area contributed by atoms with Gasteiger partial charge >= 0.3 is 6.18 Å². The summed E-state index contributed by atoms with van der Waals surface area (Å²) < 4.78 is 39.2. The zero-order chi connectivity index (χ0) is 18.1. The molecule has 1 saturated heterocycles. The number of halogens is 3. The number of primary amides is 1. The van der Waals surface area contributed by atoms with Crippen LogP contribution < -0.4 is 5.73 Å². The summed E-state index contributed by atoms with van der Waals surface area (Å²) in [6.45, 7) is 2.42. The molecule has 2 N–H and O–H groups in total. The van der Waals surface area contributed by atoms with E-state index in [9.17, 15) is 22.8 Å². The number of carbonyl (C=O) groups is 2. The Labute approximate surface area is 138 Å². The molecule has 1 aromatic rings. The molecule has 0 bridgehead atoms. The van der Waals surface area contributed by atoms with E-state index in [2.05, 4.69) is 0 Å². The van der Waals surface area contributed by atoms with Gasteiger partial charge < -0.3 is 15.2 Å². The van der Waals surface area contributed by atoms with Crippen molar-refractivity contribution in [3.8, 4) is 0 Å². The van der Waals surface area contributed by atoms with Gasteiger partial charge in [0, 0.05) is 30.4 Å². The number of nitrogens with two attached hydrogens (primary N) is 1. The molecule has 0 radical (unpaired) electrons. The first-order valence-corrected chi connectivity index (χ1v) is 7.93. The lowest BCUT2D eigenvalue weighted by Crippen LogP contribution is -2.45. The van der Waals surface area contributed by atoms with Gasteiger partial charge in [0.25, 0.3) is 5.91 Å². The summed E-state index contributed by atoms with van der Waals surface area (Å²) in [7, 11) is 0. The number of piperidine rings is 1. The SMILES string of the molecule is Cc1cc(C(=O)N2CCCC[C@@H]2CC(N)=O)c(C)n1CC(F)(F)F. The van der Waals surface area contributed by atoms with E-state index in [4.69, 9.17) is 5.73 Å². The van der Waals surface area contributed by atoms with Crippen molar-refractivity contribution in [2.24, 2.45) is 5.73 Å². The van der Waals surface area contributed by atoms with Crippen molar-refractivity contribution >= 4 is 11.8 Å². The van der Waals surface area contributed by atoms with Gasteiger partial charge in [-0.25, -0.2) is 0 Å². The maximum atomic E-state index is 12.8. The molecule has 5 nitrogen and oxygen atoms in total. The number of aromatic nitrogens is 1. The molecule has 0 spiro atoms. The van der Waals surface area contributed by atoms with Crippen molar-refractivity contribution in [1.29, 1.82) is 0 Å². The summed E-state index contributed by atoms with van der Waals surface area (Å²) in [4.78, 5) is 25.6. The Morgan fingerprint density at radius 1 is 1.29 bits per heavy atom. The summed E-state index contributed by atoms with van der Waals surface area (Å²) >= 11 is 0. The summed E-state index contributed by atoms with van der Waals surface area (Å²) in [5, 5.41) is 0. The number of alkyl halides is 3. The van der Waals surface area contributed by atoms with Crippen LogP contribution in [0.15, 0.2) is 6.07 Å². The molecular weight excluding hydrogens is 323 g/mol. The summed E-state index contributed by atoms with van der Waals surface area (Å²) in [5.74, 6) is -0.815. The van der Waals surface area contributed by atoms with E-state index in [-0.39, 0.29) is 23.9 Å². The predicted octanol–water partition coefficient (Wildman–Crippen LogP) is 2.54. The molecule has 0 saturated carbocycles. The Bertz CT molecular complexity index is 637. The highest BCUT2D eigenvalue weighted by molar-refractivity contribution is 5.96. The van der Waals surface area contributed by atoms with Crippen molar-refractivity contribution in [3.63, 3.8) is 0 Å². The third-order valence-corrected chi connectivity index (χ3v) is 4.47. The average molecular weight is 345 g/mol. The molecule has 0 unspecified atom stereocenters. The van der Waals surface area contributed by atoms with E-state index in [0.29, 0.717) is 24.4 Å². The molecule has 2 heterocycles. The standard InChI is InChI=1S/C16H22F3N3O2/c1-10-7-13(11(2)22(10)9-16(17,18)19)15(24)21-6-4-3-5-12(21)8-14(20)23/h7,12H,3-6,8-9H2,1-2H3,(H2,20,23)/t12-/m1/s1. The molecule has 0 aliphatic carbocycles. The molecule has 1 fully saturated rings. The normalized spacial score (nSPS) is 18.7. The molecule has 134 valence electrons. The van der Waals surface area contributed by atoms with Gasteiger partial charge in [-0.1, -0.05) is 0 Å². The van der Waals surface area contributed by atoms with E-state index in [1.807, 2.05) is 0 Å². The third kappa shape index (κ3) is 4.10. The Morgan fingerprint density at radius 2 is 1.96 bits per heavy atom. The van der Waals surface area contributed by atoms with Crippen LogP contribution in [-0.4, -0.2) is 40.0 Å². The molecule has 2 rings (SSSR count). The minimum absolute atomic E-state index is 0.0764. The van der Waals surface area contributed by atoms with Crippen molar-refractivity contribution < 1.29 is 22.8 Å². The average Bonchev–Trinajstić information content (AvgIpc) is 2.73. The third-order valence-electron chi connectivity index (χ3n) is 4.47. The maximum absolute atomic E-state index is 12.8. The van der Waals surface area contributed by atoms with Crippen molar-refractivity contribution in [3.05, 3.63) is 23.0 Å². The highest BCUT2D eigenvalue weighted by Gasteiger charge is 2.33. The minimum atomic E-state index is -4.35. The number of rotatable bonds is 4. The number of aryl methyl sites for hydroxylation is 1.